The van der Waals surface area contributed by atoms with Crippen molar-refractivity contribution in [2.24, 2.45) is 11.7 Å². The van der Waals surface area contributed by atoms with Crippen molar-refractivity contribution in [1.82, 2.24) is 15.4 Å². The number of hydrogen-bond donors (Lipinski definition) is 2. The zero-order chi connectivity index (χ0) is 23.7. The van der Waals surface area contributed by atoms with E-state index in [1.54, 1.807) is 13.0 Å². The van der Waals surface area contributed by atoms with Crippen LogP contribution in [0, 0.1) is 30.3 Å². The molecule has 7 nitrogen and oxygen atoms in total. The Hall–Kier alpha value is -2.88. The fourth-order valence-corrected chi connectivity index (χ4v) is 5.10. The smallest absolute Gasteiger partial charge is 0.242 e. The number of halogens is 3. The first-order valence-corrected chi connectivity index (χ1v) is 11.1. The average Bonchev–Trinajstić information content (AvgIpc) is 3.29. The van der Waals surface area contributed by atoms with Crippen LogP contribution in [-0.4, -0.2) is 46.5 Å². The molecule has 10 heteroatoms. The molecule has 0 aliphatic carbocycles. The van der Waals surface area contributed by atoms with E-state index in [2.05, 4.69) is 10.5 Å². The first-order valence-electron chi connectivity index (χ1n) is 11.1. The number of amides is 2. The lowest BCUT2D eigenvalue weighted by Crippen LogP contribution is -2.52. The van der Waals surface area contributed by atoms with Crippen molar-refractivity contribution in [2.45, 2.75) is 63.6 Å². The van der Waals surface area contributed by atoms with Crippen LogP contribution < -0.4 is 11.1 Å². The summed E-state index contributed by atoms with van der Waals surface area (Å²) < 4.78 is 45.7. The molecule has 2 aliphatic heterocycles. The van der Waals surface area contributed by atoms with Crippen LogP contribution in [0.15, 0.2) is 22.7 Å². The summed E-state index contributed by atoms with van der Waals surface area (Å²) in [7, 11) is 0. The Morgan fingerprint density at radius 2 is 1.82 bits per heavy atom. The minimum Gasteiger partial charge on any atom is -0.361 e. The van der Waals surface area contributed by atoms with Gasteiger partial charge in [-0.3, -0.25) is 9.59 Å². The van der Waals surface area contributed by atoms with Crippen LogP contribution in [0.2, 0.25) is 0 Å². The highest BCUT2D eigenvalue weighted by Crippen LogP contribution is 2.40. The molecule has 1 aromatic heterocycles. The monoisotopic (exact) mass is 464 g/mol. The highest BCUT2D eigenvalue weighted by atomic mass is 19.2. The van der Waals surface area contributed by atoms with Crippen molar-refractivity contribution in [1.29, 1.82) is 0 Å². The Bertz CT molecular complexity index is 1030. The summed E-state index contributed by atoms with van der Waals surface area (Å²) in [6.45, 7) is 1.66. The van der Waals surface area contributed by atoms with Gasteiger partial charge in [-0.2, -0.15) is 0 Å². The third kappa shape index (κ3) is 5.21. The second-order valence-corrected chi connectivity index (χ2v) is 9.03. The van der Waals surface area contributed by atoms with Crippen molar-refractivity contribution in [3.8, 4) is 0 Å². The number of carbonyl (C=O) groups is 2. The molecule has 2 fully saturated rings. The number of benzene rings is 1. The Balaban J connectivity index is 1.30. The molecule has 1 aromatic carbocycles. The zero-order valence-corrected chi connectivity index (χ0v) is 18.3. The summed E-state index contributed by atoms with van der Waals surface area (Å²) in [5.74, 6) is -3.14. The maximum absolute atomic E-state index is 14.0. The average molecular weight is 464 g/mol. The lowest BCUT2D eigenvalue weighted by Gasteiger charge is -2.41. The minimum atomic E-state index is -1.22. The van der Waals surface area contributed by atoms with Gasteiger partial charge in [0.15, 0.2) is 11.6 Å². The molecule has 2 unspecified atom stereocenters. The predicted octanol–water partition coefficient (Wildman–Crippen LogP) is 2.40. The van der Waals surface area contributed by atoms with Crippen LogP contribution >= 0.6 is 0 Å². The van der Waals surface area contributed by atoms with Gasteiger partial charge in [-0.05, 0) is 56.6 Å². The van der Waals surface area contributed by atoms with Gasteiger partial charge < -0.3 is 20.5 Å². The Kier molecular flexibility index (Phi) is 6.73. The summed E-state index contributed by atoms with van der Waals surface area (Å²) in [5, 5.41) is 6.37. The molecular weight excluding hydrogens is 437 g/mol. The van der Waals surface area contributed by atoms with Crippen LogP contribution in [0.1, 0.15) is 42.7 Å². The molecule has 178 valence electrons. The van der Waals surface area contributed by atoms with Gasteiger partial charge >= 0.3 is 0 Å². The molecule has 2 aliphatic rings. The van der Waals surface area contributed by atoms with Crippen LogP contribution in [0.4, 0.5) is 13.2 Å². The quantitative estimate of drug-likeness (QED) is 0.613. The first kappa shape index (κ1) is 23.3. The van der Waals surface area contributed by atoms with Gasteiger partial charge in [0, 0.05) is 30.3 Å². The number of piperidine rings is 1. The summed E-state index contributed by atoms with van der Waals surface area (Å²) in [6, 6.07) is 2.63. The Morgan fingerprint density at radius 3 is 2.45 bits per heavy atom. The summed E-state index contributed by atoms with van der Waals surface area (Å²) in [5.41, 5.74) is 7.06. The molecule has 0 radical (unpaired) electrons. The van der Waals surface area contributed by atoms with Crippen LogP contribution in [-0.2, 0) is 22.4 Å². The standard InChI is InChI=1S/C23H27F3N4O3/c1-12-4-17(33-29-12)9-22(31)28-11-23(32)30-15-2-3-16(30)6-14(5-15)21(27)8-13-7-19(25)20(26)10-18(13)24/h4,7,10,14-16,21H,2-3,5-6,8-9,11,27H2,1H3,(H,28,31)/t14?,15?,16?,21-/m1/s1. The van der Waals surface area contributed by atoms with Crippen molar-refractivity contribution in [2.75, 3.05) is 6.54 Å². The van der Waals surface area contributed by atoms with Crippen molar-refractivity contribution in [3.63, 3.8) is 0 Å². The minimum absolute atomic E-state index is 0.00377. The molecular formula is C23H27F3N4O3. The number of nitrogens with zero attached hydrogens (tertiary/aromatic N) is 2. The van der Waals surface area contributed by atoms with E-state index in [0.29, 0.717) is 30.4 Å². The van der Waals surface area contributed by atoms with E-state index in [4.69, 9.17) is 10.3 Å². The maximum Gasteiger partial charge on any atom is 0.242 e. The highest BCUT2D eigenvalue weighted by molar-refractivity contribution is 5.86. The van der Waals surface area contributed by atoms with Crippen LogP contribution in [0.5, 0.6) is 0 Å². The number of aromatic nitrogens is 1. The lowest BCUT2D eigenvalue weighted by atomic mass is 9.82. The molecule has 33 heavy (non-hydrogen) atoms. The number of hydrogen-bond acceptors (Lipinski definition) is 5. The largest absolute Gasteiger partial charge is 0.361 e. The van der Waals surface area contributed by atoms with Crippen molar-refractivity contribution < 1.29 is 27.3 Å². The van der Waals surface area contributed by atoms with E-state index in [-0.39, 0.29) is 54.8 Å². The number of rotatable bonds is 7. The normalized spacial score (nSPS) is 22.9. The summed E-state index contributed by atoms with van der Waals surface area (Å²) >= 11 is 0. The molecule has 4 rings (SSSR count). The van der Waals surface area contributed by atoms with Gasteiger partial charge in [-0.25, -0.2) is 13.2 Å². The molecule has 3 atom stereocenters. The van der Waals surface area contributed by atoms with Crippen LogP contribution in [0.25, 0.3) is 0 Å². The van der Waals surface area contributed by atoms with Crippen LogP contribution in [0.3, 0.4) is 0 Å². The van der Waals surface area contributed by atoms with Gasteiger partial charge in [-0.1, -0.05) is 5.16 Å². The number of aryl methyl sites for hydroxylation is 1. The fraction of sp³-hybridized carbons (Fsp3) is 0.522. The van der Waals surface area contributed by atoms with E-state index in [9.17, 15) is 22.8 Å². The molecule has 3 N–H and O–H groups in total. The molecule has 0 saturated carbocycles. The molecule has 2 saturated heterocycles. The van der Waals surface area contributed by atoms with Gasteiger partial charge in [0.1, 0.15) is 11.6 Å². The second-order valence-electron chi connectivity index (χ2n) is 9.03. The number of fused-ring (bicyclic) bond motifs is 2. The fourth-order valence-electron chi connectivity index (χ4n) is 5.10. The summed E-state index contributed by atoms with van der Waals surface area (Å²) in [6.07, 6.45) is 3.09. The third-order valence-corrected chi connectivity index (χ3v) is 6.66. The van der Waals surface area contributed by atoms with Crippen molar-refractivity contribution >= 4 is 11.8 Å². The SMILES string of the molecule is Cc1cc(CC(=O)NCC(=O)N2C3CCC2CC([C@H](N)Cc2cc(F)c(F)cc2F)C3)on1. The second kappa shape index (κ2) is 9.54. The molecule has 0 spiro atoms. The molecule has 3 heterocycles. The van der Waals surface area contributed by atoms with E-state index in [0.717, 1.165) is 18.9 Å². The van der Waals surface area contributed by atoms with E-state index >= 15 is 0 Å². The topological polar surface area (TPSA) is 101 Å². The lowest BCUT2D eigenvalue weighted by molar-refractivity contribution is -0.137. The van der Waals surface area contributed by atoms with Gasteiger partial charge in [0.2, 0.25) is 11.8 Å². The third-order valence-electron chi connectivity index (χ3n) is 6.66. The molecule has 2 bridgehead atoms. The van der Waals surface area contributed by atoms with E-state index in [1.807, 2.05) is 4.90 Å². The number of carbonyl (C=O) groups excluding carboxylic acids is 2. The Labute approximate surface area is 189 Å². The van der Waals surface area contributed by atoms with Gasteiger partial charge in [-0.15, -0.1) is 0 Å². The number of nitrogens with one attached hydrogen (secondary N) is 1. The highest BCUT2D eigenvalue weighted by Gasteiger charge is 2.44. The summed E-state index contributed by atoms with van der Waals surface area (Å²) in [4.78, 5) is 26.8. The molecule has 2 amide bonds. The van der Waals surface area contributed by atoms with Gasteiger partial charge in [0.25, 0.3) is 0 Å². The predicted molar refractivity (Wildman–Crippen MR) is 112 cm³/mol. The van der Waals surface area contributed by atoms with E-state index in [1.165, 1.54) is 0 Å². The van der Waals surface area contributed by atoms with Gasteiger partial charge in [0.05, 0.1) is 18.7 Å². The molecule has 2 aromatic rings. The number of nitrogens with two attached hydrogens (primary N) is 1. The first-order chi connectivity index (χ1) is 15.7. The Morgan fingerprint density at radius 1 is 1.15 bits per heavy atom. The van der Waals surface area contributed by atoms with Crippen molar-refractivity contribution in [3.05, 3.63) is 52.7 Å². The zero-order valence-electron chi connectivity index (χ0n) is 18.3. The maximum atomic E-state index is 14.0. The van der Waals surface area contributed by atoms with E-state index < -0.39 is 23.5 Å².